The van der Waals surface area contributed by atoms with Crippen molar-refractivity contribution in [2.45, 2.75) is 12.7 Å². The molecule has 0 bridgehead atoms. The lowest BCUT2D eigenvalue weighted by molar-refractivity contribution is -0.138. The number of para-hydroxylation sites is 1. The molecule has 0 saturated carbocycles. The summed E-state index contributed by atoms with van der Waals surface area (Å²) in [7, 11) is 1.64. The quantitative estimate of drug-likeness (QED) is 0.798. The van der Waals surface area contributed by atoms with Gasteiger partial charge in [0, 0.05) is 12.2 Å². The minimum atomic E-state index is -4.39. The maximum Gasteiger partial charge on any atom is 0.405 e. The maximum atomic E-state index is 11.9. The summed E-state index contributed by atoms with van der Waals surface area (Å²) in [5.74, 6) is -0.672. The number of nitrogens with zero attached hydrogens (tertiary/aromatic N) is 1. The highest BCUT2D eigenvalue weighted by molar-refractivity contribution is 5.78. The largest absolute Gasteiger partial charge is 0.405 e. The van der Waals surface area contributed by atoms with Crippen LogP contribution in [0.25, 0.3) is 0 Å². The van der Waals surface area contributed by atoms with Gasteiger partial charge in [0.05, 0.1) is 6.54 Å². The zero-order valence-electron chi connectivity index (χ0n) is 10.5. The second-order valence-electron chi connectivity index (χ2n) is 4.26. The van der Waals surface area contributed by atoms with Gasteiger partial charge in [0.15, 0.2) is 0 Å². The lowest BCUT2D eigenvalue weighted by atomic mass is 10.2. The Labute approximate surface area is 109 Å². The van der Waals surface area contributed by atoms with Gasteiger partial charge in [-0.15, -0.1) is 0 Å². The predicted octanol–water partition coefficient (Wildman–Crippen LogP) is 1.38. The zero-order chi connectivity index (χ0) is 14.5. The summed E-state index contributed by atoms with van der Waals surface area (Å²) >= 11 is 0. The minimum Gasteiger partial charge on any atom is -0.398 e. The molecule has 0 saturated heterocycles. The van der Waals surface area contributed by atoms with Gasteiger partial charge >= 0.3 is 6.18 Å². The van der Waals surface area contributed by atoms with Crippen molar-refractivity contribution < 1.29 is 18.0 Å². The van der Waals surface area contributed by atoms with Crippen molar-refractivity contribution in [1.82, 2.24) is 10.2 Å². The number of carbonyl (C=O) groups excluding carboxylic acids is 1. The number of hydrogen-bond acceptors (Lipinski definition) is 3. The number of nitrogens with two attached hydrogens (primary N) is 1. The maximum absolute atomic E-state index is 11.9. The molecular weight excluding hydrogens is 259 g/mol. The Morgan fingerprint density at radius 2 is 2.00 bits per heavy atom. The average Bonchev–Trinajstić information content (AvgIpc) is 2.29. The molecule has 1 aromatic carbocycles. The third-order valence-corrected chi connectivity index (χ3v) is 2.39. The molecule has 0 aliphatic carbocycles. The summed E-state index contributed by atoms with van der Waals surface area (Å²) in [5, 5.41) is 1.82. The summed E-state index contributed by atoms with van der Waals surface area (Å²) in [4.78, 5) is 12.9. The minimum absolute atomic E-state index is 0.121. The van der Waals surface area contributed by atoms with Gasteiger partial charge in [-0.2, -0.15) is 13.2 Å². The Morgan fingerprint density at radius 3 is 2.58 bits per heavy atom. The zero-order valence-corrected chi connectivity index (χ0v) is 10.5. The van der Waals surface area contributed by atoms with Crippen LogP contribution in [-0.4, -0.2) is 37.1 Å². The molecule has 3 N–H and O–H groups in total. The number of amides is 1. The van der Waals surface area contributed by atoms with Gasteiger partial charge in [0.2, 0.25) is 5.91 Å². The van der Waals surface area contributed by atoms with Crippen LogP contribution in [0.2, 0.25) is 0 Å². The first-order chi connectivity index (χ1) is 8.78. The number of hydrogen-bond donors (Lipinski definition) is 2. The Balaban J connectivity index is 2.41. The summed E-state index contributed by atoms with van der Waals surface area (Å²) in [6.45, 7) is -1.04. The van der Waals surface area contributed by atoms with E-state index in [4.69, 9.17) is 5.73 Å². The summed E-state index contributed by atoms with van der Waals surface area (Å²) in [6, 6.07) is 7.13. The molecular formula is C12H16F3N3O. The number of benzene rings is 1. The number of rotatable bonds is 5. The van der Waals surface area contributed by atoms with E-state index in [1.54, 1.807) is 30.1 Å². The lowest BCUT2D eigenvalue weighted by Crippen LogP contribution is -2.39. The number of anilines is 1. The van der Waals surface area contributed by atoms with Crippen molar-refractivity contribution in [1.29, 1.82) is 0 Å². The molecule has 0 fully saturated rings. The third kappa shape index (κ3) is 6.10. The van der Waals surface area contributed by atoms with Crippen molar-refractivity contribution in [3.05, 3.63) is 29.8 Å². The number of alkyl halides is 3. The van der Waals surface area contributed by atoms with E-state index in [0.29, 0.717) is 12.2 Å². The van der Waals surface area contributed by atoms with Crippen LogP contribution < -0.4 is 11.1 Å². The van der Waals surface area contributed by atoms with E-state index in [1.165, 1.54) is 0 Å². The third-order valence-electron chi connectivity index (χ3n) is 2.39. The van der Waals surface area contributed by atoms with Crippen molar-refractivity contribution >= 4 is 11.6 Å². The van der Waals surface area contributed by atoms with Crippen molar-refractivity contribution in [3.63, 3.8) is 0 Å². The first kappa shape index (κ1) is 15.3. The van der Waals surface area contributed by atoms with Crippen LogP contribution in [0.4, 0.5) is 18.9 Å². The first-order valence-electron chi connectivity index (χ1n) is 5.63. The number of halogens is 3. The van der Waals surface area contributed by atoms with Crippen molar-refractivity contribution in [3.8, 4) is 0 Å². The number of nitrogens with one attached hydrogen (secondary N) is 1. The number of nitrogen functional groups attached to an aromatic ring is 1. The first-order valence-corrected chi connectivity index (χ1v) is 5.63. The fourth-order valence-electron chi connectivity index (χ4n) is 1.52. The van der Waals surface area contributed by atoms with Gasteiger partial charge < -0.3 is 11.1 Å². The van der Waals surface area contributed by atoms with E-state index >= 15 is 0 Å². The van der Waals surface area contributed by atoms with Crippen molar-refractivity contribution in [2.24, 2.45) is 0 Å². The van der Waals surface area contributed by atoms with Crippen molar-refractivity contribution in [2.75, 3.05) is 25.9 Å². The second-order valence-corrected chi connectivity index (χ2v) is 4.26. The van der Waals surface area contributed by atoms with Crippen LogP contribution in [0.5, 0.6) is 0 Å². The molecule has 0 radical (unpaired) electrons. The van der Waals surface area contributed by atoms with E-state index < -0.39 is 18.6 Å². The normalized spacial score (nSPS) is 11.6. The fourth-order valence-corrected chi connectivity index (χ4v) is 1.52. The molecule has 1 rings (SSSR count). The predicted molar refractivity (Wildman–Crippen MR) is 66.3 cm³/mol. The van der Waals surface area contributed by atoms with Gasteiger partial charge in [0.25, 0.3) is 0 Å². The molecule has 1 amide bonds. The average molecular weight is 275 g/mol. The molecule has 19 heavy (non-hydrogen) atoms. The van der Waals surface area contributed by atoms with Crippen LogP contribution in [-0.2, 0) is 11.3 Å². The molecule has 1 aromatic rings. The molecule has 4 nitrogen and oxygen atoms in total. The van der Waals surface area contributed by atoms with Gasteiger partial charge in [-0.05, 0) is 18.7 Å². The summed E-state index contributed by atoms with van der Waals surface area (Å²) < 4.78 is 35.7. The number of carbonyl (C=O) groups is 1. The standard InChI is InChI=1S/C12H16F3N3O/c1-18(6-9-4-2-3-5-10(9)16)7-11(19)17-8-12(13,14)15/h2-5H,6-8,16H2,1H3,(H,17,19). The molecule has 0 aliphatic rings. The highest BCUT2D eigenvalue weighted by Gasteiger charge is 2.27. The fraction of sp³-hybridized carbons (Fsp3) is 0.417. The number of likely N-dealkylation sites (N-methyl/N-ethyl adjacent to an activating group) is 1. The lowest BCUT2D eigenvalue weighted by Gasteiger charge is -2.17. The second kappa shape index (κ2) is 6.42. The highest BCUT2D eigenvalue weighted by atomic mass is 19.4. The smallest absolute Gasteiger partial charge is 0.398 e. The van der Waals surface area contributed by atoms with Crippen LogP contribution in [0.1, 0.15) is 5.56 Å². The van der Waals surface area contributed by atoms with E-state index in [0.717, 1.165) is 5.56 Å². The Bertz CT molecular complexity index is 434. The Morgan fingerprint density at radius 1 is 1.37 bits per heavy atom. The van der Waals surface area contributed by atoms with Crippen LogP contribution in [0, 0.1) is 0 Å². The van der Waals surface area contributed by atoms with Gasteiger partial charge in [-0.25, -0.2) is 0 Å². The van der Waals surface area contributed by atoms with Gasteiger partial charge in [-0.1, -0.05) is 18.2 Å². The molecule has 0 aliphatic heterocycles. The molecule has 0 spiro atoms. The Hall–Kier alpha value is -1.76. The summed E-state index contributed by atoms with van der Waals surface area (Å²) in [6.07, 6.45) is -4.39. The van der Waals surface area contributed by atoms with E-state index in [2.05, 4.69) is 0 Å². The molecule has 0 aromatic heterocycles. The topological polar surface area (TPSA) is 58.4 Å². The molecule has 106 valence electrons. The molecule has 0 unspecified atom stereocenters. The highest BCUT2D eigenvalue weighted by Crippen LogP contribution is 2.13. The van der Waals surface area contributed by atoms with Gasteiger partial charge in [-0.3, -0.25) is 9.69 Å². The van der Waals surface area contributed by atoms with Gasteiger partial charge in [0.1, 0.15) is 6.54 Å². The van der Waals surface area contributed by atoms with E-state index in [1.807, 2.05) is 11.4 Å². The SMILES string of the molecule is CN(CC(=O)NCC(F)(F)F)Cc1ccccc1N. The van der Waals surface area contributed by atoms with Crippen LogP contribution in [0.3, 0.4) is 0 Å². The van der Waals surface area contributed by atoms with Crippen LogP contribution >= 0.6 is 0 Å². The summed E-state index contributed by atoms with van der Waals surface area (Å²) in [5.41, 5.74) is 7.15. The molecule has 0 atom stereocenters. The van der Waals surface area contributed by atoms with E-state index in [9.17, 15) is 18.0 Å². The molecule has 0 heterocycles. The molecule has 7 heteroatoms. The van der Waals surface area contributed by atoms with Crippen LogP contribution in [0.15, 0.2) is 24.3 Å². The van der Waals surface area contributed by atoms with E-state index in [-0.39, 0.29) is 6.54 Å². The Kier molecular flexibility index (Phi) is 5.17. The monoisotopic (exact) mass is 275 g/mol.